The third-order valence-corrected chi connectivity index (χ3v) is 10.5. The molecule has 2 nitrogen and oxygen atoms in total. The van der Waals surface area contributed by atoms with E-state index in [1.165, 1.54) is 44.9 Å². The van der Waals surface area contributed by atoms with Gasteiger partial charge in [-0.15, -0.1) is 0 Å². The van der Waals surface area contributed by atoms with Gasteiger partial charge in [0.25, 0.3) is 0 Å². The van der Waals surface area contributed by atoms with E-state index in [0.717, 1.165) is 23.7 Å². The van der Waals surface area contributed by atoms with Crippen LogP contribution < -0.4 is 0 Å². The zero-order chi connectivity index (χ0) is 22.6. The smallest absolute Gasteiger partial charge is 0.0613 e. The first-order valence-electron chi connectivity index (χ1n) is 13.3. The Balaban J connectivity index is 1.53. The van der Waals surface area contributed by atoms with Crippen molar-refractivity contribution in [1.82, 2.24) is 0 Å². The van der Waals surface area contributed by atoms with Crippen LogP contribution in [0.1, 0.15) is 99.8 Å². The molecule has 0 heterocycles. The Morgan fingerprint density at radius 2 is 1.90 bits per heavy atom. The number of rotatable bonds is 6. The Kier molecular flexibility index (Phi) is 6.32. The first kappa shape index (κ1) is 23.6. The zero-order valence-electron chi connectivity index (χ0n) is 21.3. The van der Waals surface area contributed by atoms with Crippen molar-refractivity contribution >= 4 is 0 Å². The molecular weight excluding hydrogens is 380 g/mol. The molecular formula is C29H48O2. The van der Waals surface area contributed by atoms with Crippen molar-refractivity contribution < 1.29 is 9.84 Å². The van der Waals surface area contributed by atoms with Crippen molar-refractivity contribution in [3.63, 3.8) is 0 Å². The van der Waals surface area contributed by atoms with E-state index in [1.54, 1.807) is 11.1 Å². The molecule has 0 radical (unpaired) electrons. The van der Waals surface area contributed by atoms with Gasteiger partial charge in [-0.1, -0.05) is 57.4 Å². The van der Waals surface area contributed by atoms with Crippen molar-refractivity contribution in [2.24, 2.45) is 40.4 Å². The van der Waals surface area contributed by atoms with E-state index in [4.69, 9.17) is 4.74 Å². The minimum absolute atomic E-state index is 0.277. The van der Waals surface area contributed by atoms with Crippen LogP contribution in [0, 0.1) is 40.4 Å². The van der Waals surface area contributed by atoms with Gasteiger partial charge in [0.2, 0.25) is 0 Å². The Bertz CT molecular complexity index is 728. The monoisotopic (exact) mass is 428 g/mol. The van der Waals surface area contributed by atoms with E-state index in [9.17, 15) is 5.11 Å². The predicted molar refractivity (Wildman–Crippen MR) is 130 cm³/mol. The Labute approximate surface area is 191 Å². The molecule has 4 aliphatic rings. The highest BCUT2D eigenvalue weighted by Crippen LogP contribution is 2.66. The molecule has 0 saturated heterocycles. The van der Waals surface area contributed by atoms with Crippen LogP contribution in [0.4, 0.5) is 0 Å². The van der Waals surface area contributed by atoms with Crippen LogP contribution in [-0.2, 0) is 4.74 Å². The fourth-order valence-corrected chi connectivity index (χ4v) is 8.29. The van der Waals surface area contributed by atoms with Crippen molar-refractivity contribution in [2.45, 2.75) is 112 Å². The second-order valence-corrected chi connectivity index (χ2v) is 12.7. The van der Waals surface area contributed by atoms with Crippen molar-refractivity contribution in [3.8, 4) is 0 Å². The molecule has 4 rings (SSSR count). The lowest BCUT2D eigenvalue weighted by molar-refractivity contribution is -0.0529. The van der Waals surface area contributed by atoms with Crippen LogP contribution in [0.3, 0.4) is 0 Å². The summed E-state index contributed by atoms with van der Waals surface area (Å²) < 4.78 is 6.31. The summed E-state index contributed by atoms with van der Waals surface area (Å²) in [7, 11) is 0. The lowest BCUT2D eigenvalue weighted by atomic mass is 9.47. The molecule has 0 amide bonds. The number of allylic oxidation sites excluding steroid dienone is 4. The molecule has 3 saturated carbocycles. The quantitative estimate of drug-likeness (QED) is 0.480. The standard InChI is InChI=1S/C29H48O2/c1-8-21-17-19(2)29(7)22(18-21)9-10-23-25-12-11-24(28(25,6)14-13-26(23)29)20(3)31-16-15-27(4,5)30/h9-10,19-21,24-26,30H,8,11-18H2,1-7H3/t19?,20-,21-,24+,25?,26?,28+,29?/m0/s1. The maximum absolute atomic E-state index is 10.0. The van der Waals surface area contributed by atoms with Gasteiger partial charge < -0.3 is 9.84 Å². The van der Waals surface area contributed by atoms with E-state index in [1.807, 2.05) is 13.8 Å². The highest BCUT2D eigenvalue weighted by Gasteiger charge is 2.58. The van der Waals surface area contributed by atoms with E-state index in [-0.39, 0.29) is 6.10 Å². The highest BCUT2D eigenvalue weighted by atomic mass is 16.5. The van der Waals surface area contributed by atoms with Crippen LogP contribution >= 0.6 is 0 Å². The molecule has 0 aromatic carbocycles. The summed E-state index contributed by atoms with van der Waals surface area (Å²) in [5.41, 5.74) is 3.65. The molecule has 31 heavy (non-hydrogen) atoms. The van der Waals surface area contributed by atoms with Gasteiger partial charge in [-0.05, 0) is 106 Å². The number of aliphatic hydroxyl groups is 1. The predicted octanol–water partition coefficient (Wildman–Crippen LogP) is 7.32. The summed E-state index contributed by atoms with van der Waals surface area (Å²) in [6.07, 6.45) is 15.5. The number of hydrogen-bond donors (Lipinski definition) is 1. The fraction of sp³-hybridized carbons (Fsp3) is 0.862. The van der Waals surface area contributed by atoms with Gasteiger partial charge in [0.1, 0.15) is 0 Å². The van der Waals surface area contributed by atoms with Crippen molar-refractivity contribution in [1.29, 1.82) is 0 Å². The summed E-state index contributed by atoms with van der Waals surface area (Å²) in [4.78, 5) is 0. The van der Waals surface area contributed by atoms with Crippen molar-refractivity contribution in [2.75, 3.05) is 6.61 Å². The summed E-state index contributed by atoms with van der Waals surface area (Å²) in [5, 5.41) is 10.0. The summed E-state index contributed by atoms with van der Waals surface area (Å²) in [6, 6.07) is 0. The lowest BCUT2D eigenvalue weighted by Gasteiger charge is -2.57. The zero-order valence-corrected chi connectivity index (χ0v) is 21.3. The molecule has 8 atom stereocenters. The molecule has 4 unspecified atom stereocenters. The fourth-order valence-electron chi connectivity index (χ4n) is 8.29. The van der Waals surface area contributed by atoms with Gasteiger partial charge in [-0.3, -0.25) is 0 Å². The minimum atomic E-state index is -0.639. The Morgan fingerprint density at radius 1 is 1.16 bits per heavy atom. The molecule has 0 bridgehead atoms. The SMILES string of the molecule is CC[C@@H]1CC2=CC=C3C(CC[C@@]4(C)C3CC[C@@H]4[C@H](C)OCCC(C)(C)O)C2(C)C(C)C1. The highest BCUT2D eigenvalue weighted by molar-refractivity contribution is 5.39. The van der Waals surface area contributed by atoms with Crippen LogP contribution in [0.15, 0.2) is 23.3 Å². The van der Waals surface area contributed by atoms with Crippen LogP contribution in [0.5, 0.6) is 0 Å². The van der Waals surface area contributed by atoms with Gasteiger partial charge in [-0.2, -0.15) is 0 Å². The molecule has 0 aliphatic heterocycles. The Morgan fingerprint density at radius 3 is 2.58 bits per heavy atom. The number of fused-ring (bicyclic) bond motifs is 5. The average Bonchev–Trinajstić information content (AvgIpc) is 3.05. The Hall–Kier alpha value is -0.600. The van der Waals surface area contributed by atoms with E-state index in [0.29, 0.717) is 29.8 Å². The average molecular weight is 429 g/mol. The van der Waals surface area contributed by atoms with Gasteiger partial charge in [-0.25, -0.2) is 0 Å². The maximum atomic E-state index is 10.0. The molecule has 2 heteroatoms. The third kappa shape index (κ3) is 3.99. The second-order valence-electron chi connectivity index (χ2n) is 12.7. The van der Waals surface area contributed by atoms with Gasteiger partial charge in [0.05, 0.1) is 11.7 Å². The van der Waals surface area contributed by atoms with Gasteiger partial charge >= 0.3 is 0 Å². The first-order valence-corrected chi connectivity index (χ1v) is 13.3. The van der Waals surface area contributed by atoms with E-state index < -0.39 is 5.60 Å². The molecule has 176 valence electrons. The maximum Gasteiger partial charge on any atom is 0.0613 e. The topological polar surface area (TPSA) is 29.5 Å². The van der Waals surface area contributed by atoms with E-state index >= 15 is 0 Å². The largest absolute Gasteiger partial charge is 0.390 e. The summed E-state index contributed by atoms with van der Waals surface area (Å²) >= 11 is 0. The molecule has 4 aliphatic carbocycles. The lowest BCUT2D eigenvalue weighted by Crippen LogP contribution is -2.49. The van der Waals surface area contributed by atoms with Crippen LogP contribution in [0.25, 0.3) is 0 Å². The minimum Gasteiger partial charge on any atom is -0.390 e. The molecule has 0 aromatic heterocycles. The molecule has 3 fully saturated rings. The molecule has 0 spiro atoms. The second kappa shape index (κ2) is 8.32. The van der Waals surface area contributed by atoms with Gasteiger partial charge in [0.15, 0.2) is 0 Å². The molecule has 0 aromatic rings. The number of hydrogen-bond acceptors (Lipinski definition) is 2. The molecule has 1 N–H and O–H groups in total. The number of ether oxygens (including phenoxy) is 1. The third-order valence-electron chi connectivity index (χ3n) is 10.5. The first-order chi connectivity index (χ1) is 14.5. The van der Waals surface area contributed by atoms with Crippen molar-refractivity contribution in [3.05, 3.63) is 23.3 Å². The normalized spacial score (nSPS) is 43.4. The van der Waals surface area contributed by atoms with E-state index in [2.05, 4.69) is 46.8 Å². The van der Waals surface area contributed by atoms with Crippen LogP contribution in [-0.4, -0.2) is 23.4 Å². The summed E-state index contributed by atoms with van der Waals surface area (Å²) in [5.74, 6) is 3.78. The summed E-state index contributed by atoms with van der Waals surface area (Å²) in [6.45, 7) is 16.8. The van der Waals surface area contributed by atoms with Gasteiger partial charge in [0, 0.05) is 6.61 Å². The van der Waals surface area contributed by atoms with Crippen LogP contribution in [0.2, 0.25) is 0 Å².